The van der Waals surface area contributed by atoms with Crippen LogP contribution in [0.25, 0.3) is 0 Å². The van der Waals surface area contributed by atoms with Crippen molar-refractivity contribution in [1.82, 2.24) is 40.7 Å². The van der Waals surface area contributed by atoms with Crippen molar-refractivity contribution < 1.29 is 14.4 Å². The lowest BCUT2D eigenvalue weighted by Crippen LogP contribution is -2.37. The highest BCUT2D eigenvalue weighted by molar-refractivity contribution is 6.05. The molecule has 0 saturated carbocycles. The number of benzene rings is 1. The maximum atomic E-state index is 12.6. The fourth-order valence-corrected chi connectivity index (χ4v) is 5.19. The van der Waals surface area contributed by atoms with E-state index in [9.17, 15) is 14.4 Å². The number of amides is 2. The summed E-state index contributed by atoms with van der Waals surface area (Å²) >= 11 is 0. The second kappa shape index (κ2) is 33.0. The Labute approximate surface area is 342 Å². The SMILES string of the molecule is C=C.CC/C(=C\C=C(\NC)C(C)NC=O)NC(=O)C(N=Nc1ccc(NC)cc1)C(C)=O.CCCN(CC)CCCNc1ncnc(NCCCN(CC)CC)n1. The Bertz CT molecular complexity index is 1480. The molecule has 1 aromatic carbocycles. The zero-order chi connectivity index (χ0) is 42.8. The molecule has 2 atom stereocenters. The molecule has 0 fully saturated rings. The number of hydrogen-bond donors (Lipinski definition) is 6. The van der Waals surface area contributed by atoms with Crippen molar-refractivity contribution in [2.24, 2.45) is 10.2 Å². The summed E-state index contributed by atoms with van der Waals surface area (Å²) < 4.78 is 0. The van der Waals surface area contributed by atoms with Gasteiger partial charge in [0.1, 0.15) is 6.33 Å². The van der Waals surface area contributed by atoms with Gasteiger partial charge in [0.2, 0.25) is 24.3 Å². The molecule has 2 rings (SSSR count). The van der Waals surface area contributed by atoms with Gasteiger partial charge in [-0.3, -0.25) is 14.4 Å². The molecule has 0 spiro atoms. The summed E-state index contributed by atoms with van der Waals surface area (Å²) in [5, 5.41) is 25.9. The zero-order valence-corrected chi connectivity index (χ0v) is 36.0. The largest absolute Gasteiger partial charge is 0.390 e. The van der Waals surface area contributed by atoms with Gasteiger partial charge in [0, 0.05) is 44.3 Å². The predicted molar refractivity (Wildman–Crippen MR) is 235 cm³/mol. The highest BCUT2D eigenvalue weighted by Gasteiger charge is 2.23. The van der Waals surface area contributed by atoms with Crippen LogP contribution in [0.3, 0.4) is 0 Å². The molecule has 57 heavy (non-hydrogen) atoms. The van der Waals surface area contributed by atoms with Gasteiger partial charge >= 0.3 is 0 Å². The lowest BCUT2D eigenvalue weighted by Gasteiger charge is -2.19. The van der Waals surface area contributed by atoms with Crippen LogP contribution in [0, 0.1) is 0 Å². The first-order valence-electron chi connectivity index (χ1n) is 20.0. The molecule has 0 bridgehead atoms. The highest BCUT2D eigenvalue weighted by atomic mass is 16.2. The molecule has 0 radical (unpaired) electrons. The van der Waals surface area contributed by atoms with Crippen LogP contribution < -0.4 is 31.9 Å². The van der Waals surface area contributed by atoms with Crippen molar-refractivity contribution in [2.45, 2.75) is 86.2 Å². The number of nitrogens with one attached hydrogen (secondary N) is 6. The van der Waals surface area contributed by atoms with E-state index < -0.39 is 17.7 Å². The number of azo groups is 1. The first kappa shape index (κ1) is 51.8. The van der Waals surface area contributed by atoms with Crippen LogP contribution in [0.5, 0.6) is 0 Å². The van der Waals surface area contributed by atoms with E-state index in [1.54, 1.807) is 44.7 Å². The Morgan fingerprint density at radius 3 is 1.91 bits per heavy atom. The maximum absolute atomic E-state index is 12.6. The fraction of sp³-hybridized carbons (Fsp3) is 0.561. The Kier molecular flexibility index (Phi) is 29.9. The molecule has 2 unspecified atom stereocenters. The van der Waals surface area contributed by atoms with Crippen molar-refractivity contribution in [3.05, 3.63) is 67.3 Å². The van der Waals surface area contributed by atoms with Gasteiger partial charge in [-0.2, -0.15) is 15.2 Å². The third-order valence-electron chi connectivity index (χ3n) is 8.60. The van der Waals surface area contributed by atoms with Crippen LogP contribution in [0.15, 0.2) is 77.5 Å². The van der Waals surface area contributed by atoms with Gasteiger partial charge in [0.15, 0.2) is 5.78 Å². The van der Waals surface area contributed by atoms with E-state index in [4.69, 9.17) is 0 Å². The summed E-state index contributed by atoms with van der Waals surface area (Å²) in [6, 6.07) is 5.65. The second-order valence-corrected chi connectivity index (χ2v) is 12.6. The maximum Gasteiger partial charge on any atom is 0.258 e. The standard InChI is InChI=1S/C21H30N6O3.C18H37N7.C2H4/c1-6-16(11-12-19(23-5)14(2)24-13-28)25-21(30)20(15(3)29)27-26-18-9-7-17(22-4)8-10-18;1-5-13-25(8-4)15-10-12-20-18-22-16-21-17(23-18)19-11-9-14-24(6-2)7-3;1-2/h7-14,20,22-23H,6H2,1-5H3,(H,24,28)(H,25,30);16H,5-15H2,1-4H3,(H2,19,20,21,22,23);1-2H2/b16-11+,19-12+,27-26?;;. The number of allylic oxidation sites excluding steroid dienone is 3. The average Bonchev–Trinajstić information content (AvgIpc) is 3.23. The Hall–Kier alpha value is -5.22. The quantitative estimate of drug-likeness (QED) is 0.0160. The molecule has 0 aliphatic rings. The van der Waals surface area contributed by atoms with E-state index >= 15 is 0 Å². The van der Waals surface area contributed by atoms with E-state index in [1.165, 1.54) is 19.9 Å². The van der Waals surface area contributed by atoms with E-state index in [-0.39, 0.29) is 6.04 Å². The van der Waals surface area contributed by atoms with Gasteiger partial charge in [-0.1, -0.05) is 34.6 Å². The molecule has 16 nitrogen and oxygen atoms in total. The van der Waals surface area contributed by atoms with E-state index in [0.717, 1.165) is 70.0 Å². The molecular formula is C41H71N13O3. The molecule has 6 N–H and O–H groups in total. The lowest BCUT2D eigenvalue weighted by molar-refractivity contribution is -0.128. The number of rotatable bonds is 27. The molecule has 1 heterocycles. The monoisotopic (exact) mass is 794 g/mol. The number of likely N-dealkylation sites (N-methyl/N-ethyl adjacent to an activating group) is 1. The number of nitrogens with zero attached hydrogens (tertiary/aromatic N) is 7. The Balaban J connectivity index is 0.00000107. The van der Waals surface area contributed by atoms with Gasteiger partial charge in [0.25, 0.3) is 5.91 Å². The van der Waals surface area contributed by atoms with Gasteiger partial charge < -0.3 is 41.7 Å². The molecule has 0 aliphatic carbocycles. The number of aromatic nitrogens is 3. The van der Waals surface area contributed by atoms with E-state index in [1.807, 2.05) is 26.0 Å². The number of carbonyl (C=O) groups is 3. The van der Waals surface area contributed by atoms with Crippen LogP contribution in [0.2, 0.25) is 0 Å². The molecular weight excluding hydrogens is 723 g/mol. The van der Waals surface area contributed by atoms with Gasteiger partial charge in [-0.15, -0.1) is 13.2 Å². The third-order valence-corrected chi connectivity index (χ3v) is 8.60. The smallest absolute Gasteiger partial charge is 0.258 e. The zero-order valence-electron chi connectivity index (χ0n) is 36.0. The number of carbonyl (C=O) groups excluding carboxylic acids is 3. The van der Waals surface area contributed by atoms with E-state index in [0.29, 0.717) is 36.1 Å². The molecule has 1 aromatic heterocycles. The normalized spacial score (nSPS) is 12.4. The van der Waals surface area contributed by atoms with Crippen molar-refractivity contribution in [2.75, 3.05) is 82.4 Å². The van der Waals surface area contributed by atoms with Crippen molar-refractivity contribution in [1.29, 1.82) is 0 Å². The van der Waals surface area contributed by atoms with Gasteiger partial charge in [0.05, 0.1) is 11.7 Å². The number of anilines is 3. The summed E-state index contributed by atoms with van der Waals surface area (Å²) in [6.45, 7) is 28.3. The van der Waals surface area contributed by atoms with Crippen LogP contribution in [0.1, 0.15) is 74.1 Å². The summed E-state index contributed by atoms with van der Waals surface area (Å²) in [6.07, 6.45) is 9.58. The summed E-state index contributed by atoms with van der Waals surface area (Å²) in [5.74, 6) is 0.344. The first-order chi connectivity index (χ1) is 27.6. The van der Waals surface area contributed by atoms with Crippen LogP contribution >= 0.6 is 0 Å². The molecule has 0 aliphatic heterocycles. The average molecular weight is 794 g/mol. The van der Waals surface area contributed by atoms with E-state index in [2.05, 4.69) is 108 Å². The molecule has 2 aromatic rings. The van der Waals surface area contributed by atoms with Gasteiger partial charge in [-0.05, 0) is 115 Å². The fourth-order valence-electron chi connectivity index (χ4n) is 5.19. The first-order valence-corrected chi connectivity index (χ1v) is 20.0. The predicted octanol–water partition coefficient (Wildman–Crippen LogP) is 5.77. The highest BCUT2D eigenvalue weighted by Crippen LogP contribution is 2.17. The number of hydrogen-bond acceptors (Lipinski definition) is 14. The lowest BCUT2D eigenvalue weighted by atomic mass is 10.1. The van der Waals surface area contributed by atoms with Crippen molar-refractivity contribution >= 4 is 41.4 Å². The summed E-state index contributed by atoms with van der Waals surface area (Å²) in [5.41, 5.74) is 2.82. The minimum Gasteiger partial charge on any atom is -0.390 e. The van der Waals surface area contributed by atoms with Gasteiger partial charge in [-0.25, -0.2) is 9.97 Å². The van der Waals surface area contributed by atoms with Crippen molar-refractivity contribution in [3.63, 3.8) is 0 Å². The minimum absolute atomic E-state index is 0.217. The molecule has 16 heteroatoms. The Morgan fingerprint density at radius 2 is 1.44 bits per heavy atom. The number of ketones is 1. The summed E-state index contributed by atoms with van der Waals surface area (Å²) in [7, 11) is 3.54. The number of Topliss-reactive ketones (excluding diaryl/α,β-unsaturated/α-hetero) is 1. The van der Waals surface area contributed by atoms with Crippen molar-refractivity contribution in [3.8, 4) is 0 Å². The molecule has 318 valence electrons. The minimum atomic E-state index is -1.24. The third kappa shape index (κ3) is 22.8. The second-order valence-electron chi connectivity index (χ2n) is 12.6. The molecule has 0 saturated heterocycles. The Morgan fingerprint density at radius 1 is 0.860 bits per heavy atom. The van der Waals surface area contributed by atoms with Crippen LogP contribution in [-0.4, -0.2) is 121 Å². The molecule has 2 amide bonds. The summed E-state index contributed by atoms with van der Waals surface area (Å²) in [4.78, 5) is 52.9. The topological polar surface area (TPSA) is 193 Å². The van der Waals surface area contributed by atoms with Crippen LogP contribution in [-0.2, 0) is 14.4 Å². The van der Waals surface area contributed by atoms with Crippen LogP contribution in [0.4, 0.5) is 23.3 Å².